The predicted molar refractivity (Wildman–Crippen MR) is 210 cm³/mol. The Balaban J connectivity index is 1.31. The first-order valence-corrected chi connectivity index (χ1v) is 16.4. The normalized spacial score (nSPS) is 14.2. The summed E-state index contributed by atoms with van der Waals surface area (Å²) in [6, 6.07) is 35.6. The number of hydrogen-bond donors (Lipinski definition) is 0. The van der Waals surface area contributed by atoms with Gasteiger partial charge in [-0.3, -0.25) is 0 Å². The highest BCUT2D eigenvalue weighted by Gasteiger charge is 2.21. The van der Waals surface area contributed by atoms with E-state index in [1.54, 1.807) is 6.07 Å². The van der Waals surface area contributed by atoms with Crippen molar-refractivity contribution in [2.75, 3.05) is 0 Å². The van der Waals surface area contributed by atoms with Crippen LogP contribution in [0.2, 0.25) is 0 Å². The summed E-state index contributed by atoms with van der Waals surface area (Å²) in [5.41, 5.74) is 6.11. The van der Waals surface area contributed by atoms with E-state index >= 15 is 0 Å². The van der Waals surface area contributed by atoms with Crippen molar-refractivity contribution in [3.8, 4) is 33.4 Å². The first-order valence-electron chi connectivity index (χ1n) is 20.4. The van der Waals surface area contributed by atoms with E-state index in [0.29, 0.717) is 33.4 Å². The lowest BCUT2D eigenvalue weighted by molar-refractivity contribution is 0.663. The van der Waals surface area contributed by atoms with Crippen LogP contribution in [0.15, 0.2) is 179 Å². The largest absolute Gasteiger partial charge is 0.456 e. The fourth-order valence-corrected chi connectivity index (χ4v) is 7.77. The van der Waals surface area contributed by atoms with E-state index in [9.17, 15) is 5.48 Å². The van der Waals surface area contributed by atoms with Gasteiger partial charge in [-0.05, 0) is 96.0 Å². The van der Waals surface area contributed by atoms with Gasteiger partial charge in [0.2, 0.25) is 0 Å². The van der Waals surface area contributed by atoms with Crippen LogP contribution in [0, 0.1) is 0 Å². The van der Waals surface area contributed by atoms with Gasteiger partial charge in [-0.1, -0.05) is 139 Å². The Labute approximate surface area is 298 Å². The average molecular weight is 645 g/mol. The highest BCUT2D eigenvalue weighted by Crippen LogP contribution is 2.47. The summed E-state index contributed by atoms with van der Waals surface area (Å²) in [7, 11) is 0. The number of benzene rings is 9. The minimum atomic E-state index is -0.451. The molecule has 0 aliphatic carbocycles. The Kier molecular flexibility index (Phi) is 4.31. The Morgan fingerprint density at radius 2 is 0.960 bits per heavy atom. The summed E-state index contributed by atoms with van der Waals surface area (Å²) >= 11 is 0. The molecule has 2 aromatic heterocycles. The van der Waals surface area contributed by atoms with E-state index in [1.807, 2.05) is 115 Å². The highest BCUT2D eigenvalue weighted by atomic mass is 16.3. The van der Waals surface area contributed by atoms with Gasteiger partial charge in [-0.2, -0.15) is 0 Å². The van der Waals surface area contributed by atoms with Crippen LogP contribution in [0.5, 0.6) is 0 Å². The Hall–Kier alpha value is -6.64. The zero-order valence-electron chi connectivity index (χ0n) is 34.4. The molecule has 0 fully saturated rings. The lowest BCUT2D eigenvalue weighted by Gasteiger charge is -2.19. The maximum Gasteiger partial charge on any atom is 0.147 e. The van der Waals surface area contributed by atoms with Crippen molar-refractivity contribution in [2.24, 2.45) is 0 Å². The molecular formula is C48H28O2. The first-order chi connectivity index (χ1) is 28.1. The minimum absolute atomic E-state index is 0.147. The van der Waals surface area contributed by atoms with Crippen molar-refractivity contribution in [1.82, 2.24) is 0 Å². The molecule has 0 saturated carbocycles. The van der Waals surface area contributed by atoms with Crippen molar-refractivity contribution in [1.29, 1.82) is 0 Å². The molecule has 0 saturated heterocycles. The van der Waals surface area contributed by atoms with Crippen LogP contribution >= 0.6 is 0 Å². The van der Waals surface area contributed by atoms with Gasteiger partial charge in [-0.15, -0.1) is 0 Å². The fourth-order valence-electron chi connectivity index (χ4n) is 7.77. The minimum Gasteiger partial charge on any atom is -0.456 e. The molecule has 0 aliphatic heterocycles. The van der Waals surface area contributed by atoms with Crippen molar-refractivity contribution < 1.29 is 19.8 Å². The average Bonchev–Trinajstić information content (AvgIpc) is 3.83. The molecule has 232 valence electrons. The van der Waals surface area contributed by atoms with Crippen LogP contribution < -0.4 is 0 Å². The molecule has 11 aromatic rings. The second-order valence-corrected chi connectivity index (χ2v) is 12.5. The maximum atomic E-state index is 9.48. The monoisotopic (exact) mass is 644 g/mol. The molecule has 2 nitrogen and oxygen atoms in total. The van der Waals surface area contributed by atoms with Crippen LogP contribution in [0.1, 0.15) is 11.0 Å². The van der Waals surface area contributed by atoms with Crippen LogP contribution in [0.4, 0.5) is 0 Å². The zero-order valence-corrected chi connectivity index (χ0v) is 26.4. The summed E-state index contributed by atoms with van der Waals surface area (Å²) in [4.78, 5) is 0. The van der Waals surface area contributed by atoms with Gasteiger partial charge in [0, 0.05) is 16.2 Å². The number of fused-ring (bicyclic) bond motifs is 10. The number of para-hydroxylation sites is 1. The van der Waals surface area contributed by atoms with Gasteiger partial charge in [0.15, 0.2) is 0 Å². The molecular weight excluding hydrogens is 609 g/mol. The van der Waals surface area contributed by atoms with Crippen molar-refractivity contribution in [3.05, 3.63) is 170 Å². The smallest absolute Gasteiger partial charge is 0.147 e. The molecule has 0 atom stereocenters. The molecule has 50 heavy (non-hydrogen) atoms. The standard InChI is InChI=1S/C48H28O2/c1-2-12-29(13-3-1)31-24-25-39(33-15-5-4-14-32(31)33)46-37-18-8-6-16-35(37)45(36-17-7-9-19-38(36)46)30-22-23-34-40-26-27-43-47(48(40)50-44(34)28-30)41-20-10-11-21-42(41)49-43/h1-28H/i6D,7D,8D,9D,16D,17D,18D,19D. The van der Waals surface area contributed by atoms with E-state index in [-0.39, 0.29) is 51.3 Å². The van der Waals surface area contributed by atoms with Gasteiger partial charge in [0.25, 0.3) is 0 Å². The van der Waals surface area contributed by atoms with E-state index in [2.05, 4.69) is 0 Å². The molecule has 0 N–H and O–H groups in total. The third-order valence-corrected chi connectivity index (χ3v) is 9.92. The third-order valence-electron chi connectivity index (χ3n) is 9.92. The molecule has 11 rings (SSSR count). The molecule has 0 aliphatic rings. The maximum absolute atomic E-state index is 9.48. The molecule has 0 radical (unpaired) electrons. The van der Waals surface area contributed by atoms with E-state index in [4.69, 9.17) is 14.3 Å². The van der Waals surface area contributed by atoms with Gasteiger partial charge in [-0.25, -0.2) is 0 Å². The Morgan fingerprint density at radius 3 is 1.70 bits per heavy atom. The van der Waals surface area contributed by atoms with Crippen LogP contribution in [-0.4, -0.2) is 0 Å². The SMILES string of the molecule is [2H]c1c([2H])c([2H])c2c(-c3ccc(-c4ccccc4)c4ccccc34)c3c([2H])c([2H])c([2H])c([2H])c3c(-c3ccc4c(c3)oc3c4ccc4oc5ccccc5c43)c2c1[2H]. The third kappa shape index (κ3) is 3.85. The number of furan rings is 2. The van der Waals surface area contributed by atoms with E-state index in [1.165, 1.54) is 0 Å². The topological polar surface area (TPSA) is 26.3 Å². The van der Waals surface area contributed by atoms with Gasteiger partial charge in [0.1, 0.15) is 22.3 Å². The van der Waals surface area contributed by atoms with Gasteiger partial charge in [0.05, 0.1) is 16.4 Å². The van der Waals surface area contributed by atoms with Crippen LogP contribution in [-0.2, 0) is 0 Å². The second-order valence-electron chi connectivity index (χ2n) is 12.5. The summed E-state index contributed by atoms with van der Waals surface area (Å²) < 4.78 is 86.2. The lowest BCUT2D eigenvalue weighted by Crippen LogP contribution is -1.92. The summed E-state index contributed by atoms with van der Waals surface area (Å²) in [5.74, 6) is 0. The van der Waals surface area contributed by atoms with E-state index < -0.39 is 24.2 Å². The summed E-state index contributed by atoms with van der Waals surface area (Å²) in [6.45, 7) is 0. The predicted octanol–water partition coefficient (Wildman–Crippen LogP) is 13.9. The molecule has 0 bridgehead atoms. The van der Waals surface area contributed by atoms with Crippen LogP contribution in [0.25, 0.3) is 110 Å². The van der Waals surface area contributed by atoms with Crippen LogP contribution in [0.3, 0.4) is 0 Å². The second kappa shape index (κ2) is 10.4. The molecule has 0 unspecified atom stereocenters. The van der Waals surface area contributed by atoms with E-state index in [0.717, 1.165) is 49.0 Å². The Bertz CT molecular complexity index is 3530. The Morgan fingerprint density at radius 1 is 0.360 bits per heavy atom. The lowest BCUT2D eigenvalue weighted by atomic mass is 9.83. The molecule has 2 heteroatoms. The molecule has 2 heterocycles. The molecule has 0 spiro atoms. The quantitative estimate of drug-likeness (QED) is 0.179. The van der Waals surface area contributed by atoms with Crippen molar-refractivity contribution in [2.45, 2.75) is 0 Å². The summed E-state index contributed by atoms with van der Waals surface area (Å²) in [5, 5.41) is 5.67. The fraction of sp³-hybridized carbons (Fsp3) is 0. The molecule has 9 aromatic carbocycles. The van der Waals surface area contributed by atoms with Crippen molar-refractivity contribution >= 4 is 76.2 Å². The highest BCUT2D eigenvalue weighted by molar-refractivity contribution is 6.25. The molecule has 0 amide bonds. The number of rotatable bonds is 3. The summed E-state index contributed by atoms with van der Waals surface area (Å²) in [6.07, 6.45) is 0. The first kappa shape index (κ1) is 20.7. The zero-order chi connectivity index (χ0) is 39.7. The van der Waals surface area contributed by atoms with Gasteiger partial charge >= 0.3 is 0 Å². The number of hydrogen-bond acceptors (Lipinski definition) is 2. The van der Waals surface area contributed by atoms with Crippen molar-refractivity contribution in [3.63, 3.8) is 0 Å². The van der Waals surface area contributed by atoms with Gasteiger partial charge < -0.3 is 8.83 Å².